The number of benzene rings is 1. The molecule has 0 radical (unpaired) electrons. The Morgan fingerprint density at radius 1 is 1.50 bits per heavy atom. The Hall–Kier alpha value is -1.35. The first-order valence-electron chi connectivity index (χ1n) is 6.65. The minimum Gasteiger partial charge on any atom is -0.464 e. The number of hydrogen-bond acceptors (Lipinski definition) is 3. The fourth-order valence-corrected chi connectivity index (χ4v) is 2.70. The van der Waals surface area contributed by atoms with Crippen molar-refractivity contribution in [1.82, 2.24) is 0 Å². The van der Waals surface area contributed by atoms with Crippen LogP contribution in [0.4, 0.5) is 0 Å². The van der Waals surface area contributed by atoms with Crippen LogP contribution in [0.15, 0.2) is 24.3 Å². The van der Waals surface area contributed by atoms with E-state index in [1.54, 1.807) is 6.92 Å². The molecule has 0 heterocycles. The highest BCUT2D eigenvalue weighted by atomic mass is 16.5. The zero-order valence-corrected chi connectivity index (χ0v) is 10.8. The van der Waals surface area contributed by atoms with Crippen LogP contribution in [0.1, 0.15) is 43.2 Å². The minimum absolute atomic E-state index is 0.273. The Kier molecular flexibility index (Phi) is 4.37. The molecule has 1 N–H and O–H groups in total. The van der Waals surface area contributed by atoms with Crippen LogP contribution >= 0.6 is 0 Å². The first kappa shape index (κ1) is 13.1. The van der Waals surface area contributed by atoms with Gasteiger partial charge in [0.1, 0.15) is 0 Å². The van der Waals surface area contributed by atoms with Gasteiger partial charge in [0.05, 0.1) is 6.61 Å². The molecule has 1 aromatic rings. The van der Waals surface area contributed by atoms with Gasteiger partial charge in [0.2, 0.25) is 0 Å². The monoisotopic (exact) mass is 248 g/mol. The van der Waals surface area contributed by atoms with Crippen molar-refractivity contribution in [3.63, 3.8) is 0 Å². The number of rotatable bonds is 4. The summed E-state index contributed by atoms with van der Waals surface area (Å²) in [6.45, 7) is 2.07. The van der Waals surface area contributed by atoms with E-state index in [0.29, 0.717) is 13.0 Å². The van der Waals surface area contributed by atoms with E-state index >= 15 is 0 Å². The number of aryl methyl sites for hydroxylation is 1. The van der Waals surface area contributed by atoms with E-state index < -0.39 is 12.1 Å². The van der Waals surface area contributed by atoms with Crippen molar-refractivity contribution in [3.8, 4) is 0 Å². The zero-order chi connectivity index (χ0) is 13.0. The number of carbonyl (C=O) groups is 1. The highest BCUT2D eigenvalue weighted by molar-refractivity contribution is 5.74. The van der Waals surface area contributed by atoms with Gasteiger partial charge in [-0.25, -0.2) is 4.79 Å². The Morgan fingerprint density at radius 3 is 3.06 bits per heavy atom. The molecule has 0 spiro atoms. The molecular weight excluding hydrogens is 228 g/mol. The maximum absolute atomic E-state index is 11.5. The summed E-state index contributed by atoms with van der Waals surface area (Å²) in [5, 5.41) is 9.85. The average molecular weight is 248 g/mol. The molecule has 1 aromatic carbocycles. The van der Waals surface area contributed by atoms with Gasteiger partial charge in [0.15, 0.2) is 6.10 Å². The molecule has 2 rings (SSSR count). The van der Waals surface area contributed by atoms with Gasteiger partial charge in [0, 0.05) is 0 Å². The third-order valence-corrected chi connectivity index (χ3v) is 3.56. The molecule has 3 heteroatoms. The smallest absolute Gasteiger partial charge is 0.334 e. The van der Waals surface area contributed by atoms with Gasteiger partial charge in [-0.3, -0.25) is 0 Å². The normalized spacial score (nSPS) is 20.0. The first-order valence-corrected chi connectivity index (χ1v) is 6.65. The van der Waals surface area contributed by atoms with Crippen molar-refractivity contribution < 1.29 is 14.6 Å². The van der Waals surface area contributed by atoms with E-state index in [9.17, 15) is 9.90 Å². The van der Waals surface area contributed by atoms with Crippen LogP contribution in [0.3, 0.4) is 0 Å². The summed E-state index contributed by atoms with van der Waals surface area (Å²) in [5.74, 6) is -0.227. The predicted octanol–water partition coefficient (Wildman–Crippen LogP) is 2.42. The Balaban J connectivity index is 2.05. The topological polar surface area (TPSA) is 46.5 Å². The molecule has 98 valence electrons. The van der Waals surface area contributed by atoms with Crippen LogP contribution in [0.5, 0.6) is 0 Å². The number of hydrogen-bond donors (Lipinski definition) is 1. The summed E-state index contributed by atoms with van der Waals surface area (Å²) in [7, 11) is 0. The van der Waals surface area contributed by atoms with E-state index in [0.717, 1.165) is 19.3 Å². The molecule has 0 amide bonds. The van der Waals surface area contributed by atoms with Gasteiger partial charge < -0.3 is 9.84 Å². The van der Waals surface area contributed by atoms with Gasteiger partial charge >= 0.3 is 5.97 Å². The summed E-state index contributed by atoms with van der Waals surface area (Å²) in [6.07, 6.45) is 2.73. The van der Waals surface area contributed by atoms with E-state index in [1.165, 1.54) is 11.1 Å². The largest absolute Gasteiger partial charge is 0.464 e. The zero-order valence-electron chi connectivity index (χ0n) is 10.8. The third-order valence-electron chi connectivity index (χ3n) is 3.56. The second-order valence-corrected chi connectivity index (χ2v) is 4.79. The van der Waals surface area contributed by atoms with Crippen LogP contribution in [-0.2, 0) is 16.0 Å². The Morgan fingerprint density at radius 2 is 2.28 bits per heavy atom. The van der Waals surface area contributed by atoms with Gasteiger partial charge in [-0.1, -0.05) is 24.3 Å². The van der Waals surface area contributed by atoms with E-state index in [-0.39, 0.29) is 5.92 Å². The summed E-state index contributed by atoms with van der Waals surface area (Å²) >= 11 is 0. The SMILES string of the molecule is CCOC(=O)C(O)CC1CCCc2ccccc21. The number of carbonyl (C=O) groups excluding carboxylic acids is 1. The summed E-state index contributed by atoms with van der Waals surface area (Å²) in [4.78, 5) is 11.5. The fourth-order valence-electron chi connectivity index (χ4n) is 2.70. The van der Waals surface area contributed by atoms with Gasteiger partial charge in [-0.2, -0.15) is 0 Å². The molecule has 1 aliphatic rings. The molecule has 3 nitrogen and oxygen atoms in total. The molecule has 18 heavy (non-hydrogen) atoms. The summed E-state index contributed by atoms with van der Waals surface area (Å²) in [5.41, 5.74) is 2.64. The van der Waals surface area contributed by atoms with Gasteiger partial charge in [0.25, 0.3) is 0 Å². The summed E-state index contributed by atoms with van der Waals surface area (Å²) < 4.78 is 4.84. The van der Waals surface area contributed by atoms with Crippen molar-refractivity contribution in [3.05, 3.63) is 35.4 Å². The highest BCUT2D eigenvalue weighted by Crippen LogP contribution is 2.34. The number of aliphatic hydroxyl groups is 1. The van der Waals surface area contributed by atoms with Crippen LogP contribution in [0, 0.1) is 0 Å². The molecule has 0 saturated heterocycles. The first-order chi connectivity index (χ1) is 8.72. The van der Waals surface area contributed by atoms with Gasteiger partial charge in [-0.15, -0.1) is 0 Å². The van der Waals surface area contributed by atoms with Crippen molar-refractivity contribution in [2.45, 2.75) is 44.6 Å². The molecule has 2 atom stereocenters. The lowest BCUT2D eigenvalue weighted by atomic mass is 9.80. The van der Waals surface area contributed by atoms with Crippen molar-refractivity contribution in [2.24, 2.45) is 0 Å². The number of ether oxygens (including phenoxy) is 1. The van der Waals surface area contributed by atoms with E-state index in [2.05, 4.69) is 12.1 Å². The predicted molar refractivity (Wildman–Crippen MR) is 69.4 cm³/mol. The molecule has 0 saturated carbocycles. The van der Waals surface area contributed by atoms with Crippen LogP contribution in [-0.4, -0.2) is 23.8 Å². The lowest BCUT2D eigenvalue weighted by Crippen LogP contribution is -2.26. The molecule has 0 bridgehead atoms. The quantitative estimate of drug-likeness (QED) is 0.832. The third kappa shape index (κ3) is 2.91. The maximum atomic E-state index is 11.5. The van der Waals surface area contributed by atoms with Gasteiger partial charge in [-0.05, 0) is 49.7 Å². The molecule has 0 aliphatic heterocycles. The molecule has 0 fully saturated rings. The standard InChI is InChI=1S/C15H20O3/c1-2-18-15(17)14(16)10-12-8-5-7-11-6-3-4-9-13(11)12/h3-4,6,9,12,14,16H,2,5,7-8,10H2,1H3. The van der Waals surface area contributed by atoms with Crippen molar-refractivity contribution >= 4 is 5.97 Å². The number of fused-ring (bicyclic) bond motifs is 1. The number of aliphatic hydroxyl groups excluding tert-OH is 1. The van der Waals surface area contributed by atoms with Crippen molar-refractivity contribution in [2.75, 3.05) is 6.61 Å². The second kappa shape index (κ2) is 6.01. The van der Waals surface area contributed by atoms with Crippen LogP contribution < -0.4 is 0 Å². The fraction of sp³-hybridized carbons (Fsp3) is 0.533. The average Bonchev–Trinajstić information content (AvgIpc) is 2.39. The highest BCUT2D eigenvalue weighted by Gasteiger charge is 2.26. The molecule has 1 aliphatic carbocycles. The second-order valence-electron chi connectivity index (χ2n) is 4.79. The number of esters is 1. The minimum atomic E-state index is -0.999. The molecule has 0 aromatic heterocycles. The lowest BCUT2D eigenvalue weighted by Gasteiger charge is -2.26. The van der Waals surface area contributed by atoms with E-state index in [1.807, 2.05) is 12.1 Å². The maximum Gasteiger partial charge on any atom is 0.334 e. The lowest BCUT2D eigenvalue weighted by molar-refractivity contribution is -0.153. The molecule has 2 unspecified atom stereocenters. The summed E-state index contributed by atoms with van der Waals surface area (Å²) in [6, 6.07) is 8.31. The molecular formula is C15H20O3. The van der Waals surface area contributed by atoms with Crippen molar-refractivity contribution in [1.29, 1.82) is 0 Å². The Bertz CT molecular complexity index is 414. The van der Waals surface area contributed by atoms with E-state index in [4.69, 9.17) is 4.74 Å². The van der Waals surface area contributed by atoms with Crippen LogP contribution in [0.2, 0.25) is 0 Å². The Labute approximate surface area is 108 Å². The van der Waals surface area contributed by atoms with Crippen LogP contribution in [0.25, 0.3) is 0 Å².